The predicted molar refractivity (Wildman–Crippen MR) is 48.5 cm³/mol. The van der Waals surface area contributed by atoms with E-state index in [1.807, 2.05) is 0 Å². The minimum absolute atomic E-state index is 0.163. The quantitative estimate of drug-likeness (QED) is 0.844. The summed E-state index contributed by atoms with van der Waals surface area (Å²) in [5.41, 5.74) is 0.163. The van der Waals surface area contributed by atoms with Crippen LogP contribution >= 0.6 is 0 Å². The molecule has 0 saturated heterocycles. The SMILES string of the molecule is CC(CO)c1cccc(OC(F)F)c1F. The third-order valence-corrected chi connectivity index (χ3v) is 2.01. The Morgan fingerprint density at radius 2 is 2.07 bits per heavy atom. The van der Waals surface area contributed by atoms with Crippen LogP contribution in [0.15, 0.2) is 18.2 Å². The Morgan fingerprint density at radius 3 is 2.60 bits per heavy atom. The van der Waals surface area contributed by atoms with Crippen LogP contribution in [0.2, 0.25) is 0 Å². The molecule has 2 nitrogen and oxygen atoms in total. The molecule has 0 radical (unpaired) electrons. The summed E-state index contributed by atoms with van der Waals surface area (Å²) < 4.78 is 41.2. The molecule has 0 aliphatic rings. The molecule has 1 N–H and O–H groups in total. The molecule has 1 atom stereocenters. The highest BCUT2D eigenvalue weighted by molar-refractivity contribution is 5.33. The van der Waals surface area contributed by atoms with Gasteiger partial charge in [0.25, 0.3) is 0 Å². The molecule has 0 bridgehead atoms. The first kappa shape index (κ1) is 11.8. The Labute approximate surface area is 85.3 Å². The van der Waals surface area contributed by atoms with Gasteiger partial charge >= 0.3 is 6.61 Å². The van der Waals surface area contributed by atoms with Crippen molar-refractivity contribution in [2.75, 3.05) is 6.61 Å². The van der Waals surface area contributed by atoms with Crippen molar-refractivity contribution in [2.45, 2.75) is 19.5 Å². The molecule has 0 heterocycles. The Balaban J connectivity index is 3.00. The van der Waals surface area contributed by atoms with E-state index >= 15 is 0 Å². The van der Waals surface area contributed by atoms with Crippen LogP contribution in [0.1, 0.15) is 18.4 Å². The molecule has 0 fully saturated rings. The van der Waals surface area contributed by atoms with Gasteiger partial charge in [0, 0.05) is 12.5 Å². The highest BCUT2D eigenvalue weighted by atomic mass is 19.3. The Kier molecular flexibility index (Phi) is 3.96. The number of benzene rings is 1. The largest absolute Gasteiger partial charge is 0.432 e. The van der Waals surface area contributed by atoms with Crippen LogP contribution in [0.5, 0.6) is 5.75 Å². The summed E-state index contributed by atoms with van der Waals surface area (Å²) in [4.78, 5) is 0. The predicted octanol–water partition coefficient (Wildman–Crippen LogP) is 2.52. The van der Waals surface area contributed by atoms with Crippen LogP contribution in [-0.2, 0) is 0 Å². The van der Waals surface area contributed by atoms with Crippen molar-refractivity contribution in [3.63, 3.8) is 0 Å². The number of hydrogen-bond donors (Lipinski definition) is 1. The summed E-state index contributed by atoms with van der Waals surface area (Å²) in [5, 5.41) is 8.83. The van der Waals surface area contributed by atoms with Crippen LogP contribution in [0.25, 0.3) is 0 Å². The fraction of sp³-hybridized carbons (Fsp3) is 0.400. The van der Waals surface area contributed by atoms with E-state index in [1.165, 1.54) is 12.1 Å². The van der Waals surface area contributed by atoms with Crippen molar-refractivity contribution < 1.29 is 23.0 Å². The molecule has 5 heteroatoms. The first-order valence-electron chi connectivity index (χ1n) is 4.40. The van der Waals surface area contributed by atoms with Gasteiger partial charge in [-0.1, -0.05) is 19.1 Å². The summed E-state index contributed by atoms with van der Waals surface area (Å²) in [6.07, 6.45) is 0. The van der Waals surface area contributed by atoms with E-state index < -0.39 is 24.1 Å². The molecular formula is C10H11F3O2. The zero-order chi connectivity index (χ0) is 11.4. The minimum Gasteiger partial charge on any atom is -0.432 e. The van der Waals surface area contributed by atoms with Gasteiger partial charge in [-0.2, -0.15) is 8.78 Å². The fourth-order valence-corrected chi connectivity index (χ4v) is 1.19. The van der Waals surface area contributed by atoms with Crippen LogP contribution in [0.4, 0.5) is 13.2 Å². The highest BCUT2D eigenvalue weighted by Crippen LogP contribution is 2.27. The molecule has 1 aromatic carbocycles. The molecule has 0 aromatic heterocycles. The van der Waals surface area contributed by atoms with Crippen molar-refractivity contribution in [2.24, 2.45) is 0 Å². The summed E-state index contributed by atoms with van der Waals surface area (Å²) in [5.74, 6) is -1.80. The maximum absolute atomic E-state index is 13.5. The summed E-state index contributed by atoms with van der Waals surface area (Å²) in [7, 11) is 0. The lowest BCUT2D eigenvalue weighted by molar-refractivity contribution is -0.0523. The van der Waals surface area contributed by atoms with Crippen molar-refractivity contribution in [3.05, 3.63) is 29.6 Å². The van der Waals surface area contributed by atoms with E-state index in [1.54, 1.807) is 6.92 Å². The van der Waals surface area contributed by atoms with Gasteiger partial charge in [0.15, 0.2) is 11.6 Å². The van der Waals surface area contributed by atoms with Gasteiger partial charge in [0.2, 0.25) is 0 Å². The molecule has 0 aliphatic heterocycles. The average molecular weight is 220 g/mol. The smallest absolute Gasteiger partial charge is 0.387 e. The Hall–Kier alpha value is -1.23. The van der Waals surface area contributed by atoms with E-state index in [2.05, 4.69) is 4.74 Å². The van der Waals surface area contributed by atoms with Crippen molar-refractivity contribution >= 4 is 0 Å². The molecule has 15 heavy (non-hydrogen) atoms. The third kappa shape index (κ3) is 2.86. The number of hydrogen-bond acceptors (Lipinski definition) is 2. The maximum atomic E-state index is 13.5. The summed E-state index contributed by atoms with van der Waals surface area (Å²) in [6.45, 7) is -1.72. The zero-order valence-corrected chi connectivity index (χ0v) is 8.08. The van der Waals surface area contributed by atoms with Crippen LogP contribution < -0.4 is 4.74 Å². The normalized spacial score (nSPS) is 12.9. The number of ether oxygens (including phenoxy) is 1. The Bertz CT molecular complexity index is 328. The van der Waals surface area contributed by atoms with Gasteiger partial charge in [0.1, 0.15) is 0 Å². The second-order valence-corrected chi connectivity index (χ2v) is 3.12. The number of aliphatic hydroxyl groups is 1. The van der Waals surface area contributed by atoms with E-state index in [4.69, 9.17) is 5.11 Å². The monoisotopic (exact) mass is 220 g/mol. The molecule has 0 aliphatic carbocycles. The van der Waals surface area contributed by atoms with Crippen LogP contribution in [0.3, 0.4) is 0 Å². The van der Waals surface area contributed by atoms with Gasteiger partial charge in [0.05, 0.1) is 0 Å². The first-order chi connectivity index (χ1) is 7.06. The standard InChI is InChI=1S/C10H11F3O2/c1-6(5-14)7-3-2-4-8(9(7)11)15-10(12)13/h2-4,6,10,14H,5H2,1H3. The summed E-state index contributed by atoms with van der Waals surface area (Å²) in [6, 6.07) is 3.95. The minimum atomic E-state index is -3.06. The first-order valence-corrected chi connectivity index (χ1v) is 4.40. The maximum Gasteiger partial charge on any atom is 0.387 e. The van der Waals surface area contributed by atoms with Gasteiger partial charge in [-0.3, -0.25) is 0 Å². The lowest BCUT2D eigenvalue weighted by atomic mass is 10.0. The molecule has 1 aromatic rings. The zero-order valence-electron chi connectivity index (χ0n) is 8.08. The van der Waals surface area contributed by atoms with Crippen molar-refractivity contribution in [3.8, 4) is 5.75 Å². The second kappa shape index (κ2) is 5.02. The Morgan fingerprint density at radius 1 is 1.40 bits per heavy atom. The van der Waals surface area contributed by atoms with E-state index in [9.17, 15) is 13.2 Å². The van der Waals surface area contributed by atoms with E-state index in [-0.39, 0.29) is 12.2 Å². The summed E-state index contributed by atoms with van der Waals surface area (Å²) >= 11 is 0. The van der Waals surface area contributed by atoms with Crippen molar-refractivity contribution in [1.82, 2.24) is 0 Å². The molecular weight excluding hydrogens is 209 g/mol. The highest BCUT2D eigenvalue weighted by Gasteiger charge is 2.16. The molecule has 0 saturated carbocycles. The fourth-order valence-electron chi connectivity index (χ4n) is 1.19. The molecule has 1 unspecified atom stereocenters. The van der Waals surface area contributed by atoms with Gasteiger partial charge in [-0.05, 0) is 11.6 Å². The number of aliphatic hydroxyl groups excluding tert-OH is 1. The lowest BCUT2D eigenvalue weighted by Crippen LogP contribution is -2.07. The van der Waals surface area contributed by atoms with Crippen LogP contribution in [0, 0.1) is 5.82 Å². The van der Waals surface area contributed by atoms with Crippen molar-refractivity contribution in [1.29, 1.82) is 0 Å². The third-order valence-electron chi connectivity index (χ3n) is 2.01. The molecule has 0 spiro atoms. The molecule has 84 valence electrons. The topological polar surface area (TPSA) is 29.5 Å². The second-order valence-electron chi connectivity index (χ2n) is 3.12. The average Bonchev–Trinajstić information content (AvgIpc) is 2.19. The number of alkyl halides is 2. The van der Waals surface area contributed by atoms with Gasteiger partial charge in [-0.15, -0.1) is 0 Å². The number of halogens is 3. The van der Waals surface area contributed by atoms with Gasteiger partial charge in [-0.25, -0.2) is 4.39 Å². The lowest BCUT2D eigenvalue weighted by Gasteiger charge is -2.12. The van der Waals surface area contributed by atoms with Gasteiger partial charge < -0.3 is 9.84 Å². The van der Waals surface area contributed by atoms with E-state index in [0.717, 1.165) is 6.07 Å². The molecule has 0 amide bonds. The van der Waals surface area contributed by atoms with E-state index in [0.29, 0.717) is 0 Å². The van der Waals surface area contributed by atoms with Crippen LogP contribution in [-0.4, -0.2) is 18.3 Å². The molecule has 1 rings (SSSR count). The number of rotatable bonds is 4.